The average Bonchev–Trinajstić information content (AvgIpc) is 2.75. The van der Waals surface area contributed by atoms with E-state index in [9.17, 15) is 9.59 Å². The molecule has 0 saturated carbocycles. The predicted octanol–water partition coefficient (Wildman–Crippen LogP) is 3.16. The Morgan fingerprint density at radius 3 is 2.67 bits per heavy atom. The minimum Gasteiger partial charge on any atom is -0.422 e. The molecule has 0 radical (unpaired) electrons. The topological polar surface area (TPSA) is 95.4 Å². The summed E-state index contributed by atoms with van der Waals surface area (Å²) in [5.41, 5.74) is 3.93. The summed E-state index contributed by atoms with van der Waals surface area (Å²) in [5, 5.41) is 9.06. The van der Waals surface area contributed by atoms with Crippen LogP contribution in [0.3, 0.4) is 0 Å². The first-order chi connectivity index (χ1) is 15.6. The second-order valence-electron chi connectivity index (χ2n) is 8.71. The molecule has 8 nitrogen and oxygen atoms in total. The van der Waals surface area contributed by atoms with E-state index in [2.05, 4.69) is 9.88 Å². The van der Waals surface area contributed by atoms with E-state index in [0.29, 0.717) is 29.0 Å². The number of amides is 1. The van der Waals surface area contributed by atoms with Gasteiger partial charge < -0.3 is 18.8 Å². The highest BCUT2D eigenvalue weighted by Gasteiger charge is 2.25. The number of hydrogen-bond acceptors (Lipinski definition) is 6. The normalized spacial score (nSPS) is 17.0. The third kappa shape index (κ3) is 4.46. The number of carbonyl (C=O) groups excluding carboxylic acids is 1. The predicted molar refractivity (Wildman–Crippen MR) is 129 cm³/mol. The molecule has 0 aliphatic carbocycles. The molecule has 1 amide bonds. The van der Waals surface area contributed by atoms with Crippen molar-refractivity contribution >= 4 is 34.3 Å². The number of nitrogens with zero attached hydrogens (tertiary/aromatic N) is 4. The number of rotatable bonds is 3. The molecular formula is C25H29N5O3. The summed E-state index contributed by atoms with van der Waals surface area (Å²) in [4.78, 5) is 33.0. The molecule has 0 unspecified atom stereocenters. The highest BCUT2D eigenvalue weighted by Crippen LogP contribution is 2.25. The smallest absolute Gasteiger partial charge is 0.343 e. The lowest BCUT2D eigenvalue weighted by Gasteiger charge is -2.40. The van der Waals surface area contributed by atoms with Crippen LogP contribution in [0.5, 0.6) is 0 Å². The van der Waals surface area contributed by atoms with Crippen molar-refractivity contribution in [1.29, 1.82) is 5.41 Å². The highest BCUT2D eigenvalue weighted by atomic mass is 16.4. The summed E-state index contributed by atoms with van der Waals surface area (Å²) < 4.78 is 7.36. The van der Waals surface area contributed by atoms with Gasteiger partial charge in [0.25, 0.3) is 0 Å². The van der Waals surface area contributed by atoms with Crippen molar-refractivity contribution in [3.63, 3.8) is 0 Å². The number of allylic oxidation sites excluding steroid dienone is 1. The van der Waals surface area contributed by atoms with Gasteiger partial charge in [0.15, 0.2) is 5.49 Å². The van der Waals surface area contributed by atoms with Crippen molar-refractivity contribution < 1.29 is 9.21 Å². The molecule has 1 saturated heterocycles. The lowest BCUT2D eigenvalue weighted by Crippen LogP contribution is -2.53. The quantitative estimate of drug-likeness (QED) is 0.623. The van der Waals surface area contributed by atoms with Crippen LogP contribution < -0.4 is 16.0 Å². The zero-order valence-corrected chi connectivity index (χ0v) is 19.7. The Morgan fingerprint density at radius 2 is 1.97 bits per heavy atom. The number of aromatic nitrogens is 2. The lowest BCUT2D eigenvalue weighted by atomic mass is 10.1. The fourth-order valence-electron chi connectivity index (χ4n) is 4.41. The molecule has 3 heterocycles. The zero-order valence-electron chi connectivity index (χ0n) is 19.7. The maximum absolute atomic E-state index is 12.8. The van der Waals surface area contributed by atoms with E-state index < -0.39 is 5.63 Å². The fourth-order valence-corrected chi connectivity index (χ4v) is 4.41. The fraction of sp³-hybridized carbons (Fsp3) is 0.360. The van der Waals surface area contributed by atoms with Crippen LogP contribution in [0.2, 0.25) is 0 Å². The van der Waals surface area contributed by atoms with E-state index >= 15 is 0 Å². The van der Waals surface area contributed by atoms with Crippen LogP contribution in [-0.2, 0) is 4.79 Å². The van der Waals surface area contributed by atoms with Gasteiger partial charge in [-0.1, -0.05) is 0 Å². The maximum atomic E-state index is 12.8. The molecule has 1 aliphatic rings. The summed E-state index contributed by atoms with van der Waals surface area (Å²) in [7, 11) is 0. The number of aryl methyl sites for hydroxylation is 2. The van der Waals surface area contributed by atoms with Crippen LogP contribution in [0.1, 0.15) is 37.7 Å². The molecule has 0 spiro atoms. The number of nitrogens with one attached hydrogen (secondary N) is 1. The van der Waals surface area contributed by atoms with Crippen molar-refractivity contribution in [3.05, 3.63) is 63.3 Å². The average molecular weight is 448 g/mol. The number of hydrogen-bond donors (Lipinski definition) is 1. The van der Waals surface area contributed by atoms with Crippen molar-refractivity contribution in [2.75, 3.05) is 24.5 Å². The van der Waals surface area contributed by atoms with E-state index in [4.69, 9.17) is 9.83 Å². The van der Waals surface area contributed by atoms with Gasteiger partial charge in [-0.3, -0.25) is 15.2 Å². The monoisotopic (exact) mass is 447 g/mol. The largest absolute Gasteiger partial charge is 0.422 e. The second kappa shape index (κ2) is 8.69. The van der Waals surface area contributed by atoms with Gasteiger partial charge in [0, 0.05) is 62.1 Å². The van der Waals surface area contributed by atoms with Gasteiger partial charge >= 0.3 is 5.63 Å². The third-order valence-corrected chi connectivity index (χ3v) is 6.15. The van der Waals surface area contributed by atoms with Crippen molar-refractivity contribution in [1.82, 2.24) is 14.5 Å². The Kier molecular flexibility index (Phi) is 5.93. The van der Waals surface area contributed by atoms with Gasteiger partial charge in [0.1, 0.15) is 5.58 Å². The SMILES string of the molecule is CC(=O)N1CCN(c2ccc3cc(/C(C)=C/n4cc(C)nc(C)c4=N)c(=O)oc3c2)C[C@@H]1C. The molecule has 3 aromatic rings. The summed E-state index contributed by atoms with van der Waals surface area (Å²) >= 11 is 0. The molecule has 1 N–H and O–H groups in total. The van der Waals surface area contributed by atoms with Gasteiger partial charge in [-0.05, 0) is 51.5 Å². The lowest BCUT2D eigenvalue weighted by molar-refractivity contribution is -0.131. The van der Waals surface area contributed by atoms with Gasteiger partial charge in [0.2, 0.25) is 5.91 Å². The number of anilines is 1. The first-order valence-electron chi connectivity index (χ1n) is 11.0. The Hall–Kier alpha value is -3.68. The number of fused-ring (bicyclic) bond motifs is 1. The molecule has 4 rings (SSSR count). The van der Waals surface area contributed by atoms with E-state index in [1.807, 2.05) is 49.9 Å². The maximum Gasteiger partial charge on any atom is 0.343 e. The molecule has 1 aliphatic heterocycles. The van der Waals surface area contributed by atoms with Crippen LogP contribution in [0, 0.1) is 19.3 Å². The van der Waals surface area contributed by atoms with Crippen molar-refractivity contribution in [3.8, 4) is 0 Å². The van der Waals surface area contributed by atoms with E-state index in [-0.39, 0.29) is 17.4 Å². The summed E-state index contributed by atoms with van der Waals surface area (Å²) in [6.07, 6.45) is 3.52. The molecule has 1 fully saturated rings. The molecule has 2 aromatic heterocycles. The van der Waals surface area contributed by atoms with Crippen LogP contribution in [0.4, 0.5) is 5.69 Å². The van der Waals surface area contributed by atoms with Gasteiger partial charge in [0.05, 0.1) is 17.0 Å². The third-order valence-electron chi connectivity index (χ3n) is 6.15. The Bertz CT molecular complexity index is 1390. The van der Waals surface area contributed by atoms with E-state index in [1.165, 1.54) is 0 Å². The van der Waals surface area contributed by atoms with Crippen LogP contribution in [0.25, 0.3) is 22.7 Å². The van der Waals surface area contributed by atoms with Gasteiger partial charge in [-0.15, -0.1) is 0 Å². The van der Waals surface area contributed by atoms with Crippen molar-refractivity contribution in [2.45, 2.75) is 40.7 Å². The van der Waals surface area contributed by atoms with Crippen LogP contribution in [-0.4, -0.2) is 46.0 Å². The summed E-state index contributed by atoms with van der Waals surface area (Å²) in [6.45, 7) is 11.3. The molecule has 1 atom stereocenters. The summed E-state index contributed by atoms with van der Waals surface area (Å²) in [5.74, 6) is 0.0930. The summed E-state index contributed by atoms with van der Waals surface area (Å²) in [6, 6.07) is 7.82. The van der Waals surface area contributed by atoms with Crippen LogP contribution in [0.15, 0.2) is 39.7 Å². The van der Waals surface area contributed by atoms with Crippen molar-refractivity contribution in [2.24, 2.45) is 0 Å². The first kappa shape index (κ1) is 22.5. The zero-order chi connectivity index (χ0) is 23.9. The number of piperazine rings is 1. The van der Waals surface area contributed by atoms with Gasteiger partial charge in [-0.2, -0.15) is 0 Å². The van der Waals surface area contributed by atoms with E-state index in [0.717, 1.165) is 29.9 Å². The minimum atomic E-state index is -0.419. The van der Waals surface area contributed by atoms with Crippen LogP contribution >= 0.6 is 0 Å². The molecule has 33 heavy (non-hydrogen) atoms. The standard InChI is InChI=1S/C25H29N5O3/c1-15(12-29-13-16(2)27-18(4)24(29)26)22-10-20-6-7-21(11-23(20)33-25(22)32)28-8-9-30(19(5)31)17(3)14-28/h6-7,10-13,17,26H,8-9,14H2,1-5H3/b15-12+,26-24?/t17-/m0/s1. The Labute approximate surface area is 192 Å². The Balaban J connectivity index is 1.66. The second-order valence-corrected chi connectivity index (χ2v) is 8.71. The molecular weight excluding hydrogens is 418 g/mol. The number of carbonyl (C=O) groups is 1. The number of benzene rings is 1. The minimum absolute atomic E-state index is 0.0930. The van der Waals surface area contributed by atoms with E-state index in [1.54, 1.807) is 30.8 Å². The molecule has 1 aromatic carbocycles. The molecule has 8 heteroatoms. The molecule has 172 valence electrons. The first-order valence-corrected chi connectivity index (χ1v) is 11.0. The Morgan fingerprint density at radius 1 is 1.21 bits per heavy atom. The highest BCUT2D eigenvalue weighted by molar-refractivity contribution is 5.85. The molecule has 0 bridgehead atoms. The van der Waals surface area contributed by atoms with Gasteiger partial charge in [-0.25, -0.2) is 4.79 Å².